The van der Waals surface area contributed by atoms with E-state index in [4.69, 9.17) is 11.6 Å². The van der Waals surface area contributed by atoms with Crippen molar-refractivity contribution in [3.05, 3.63) is 33.3 Å². The van der Waals surface area contributed by atoms with Crippen LogP contribution in [0.5, 0.6) is 0 Å². The van der Waals surface area contributed by atoms with Crippen LogP contribution in [0.25, 0.3) is 0 Å². The summed E-state index contributed by atoms with van der Waals surface area (Å²) >= 11 is 6.09. The van der Waals surface area contributed by atoms with Crippen molar-refractivity contribution >= 4 is 33.0 Å². The molecule has 0 amide bonds. The van der Waals surface area contributed by atoms with Crippen molar-refractivity contribution in [1.29, 1.82) is 0 Å². The largest absolute Gasteiger partial charge is 0.370 e. The molecule has 0 aliphatic carbocycles. The van der Waals surface area contributed by atoms with E-state index in [0.717, 1.165) is 11.9 Å². The molecule has 9 heteroatoms. The zero-order valence-corrected chi connectivity index (χ0v) is 13.0. The second-order valence-corrected chi connectivity index (χ2v) is 7.23. The van der Waals surface area contributed by atoms with Crippen LogP contribution in [0.3, 0.4) is 0 Å². The van der Waals surface area contributed by atoms with Crippen LogP contribution in [-0.4, -0.2) is 38.7 Å². The molecule has 1 aliphatic rings. The van der Waals surface area contributed by atoms with Gasteiger partial charge in [0.25, 0.3) is 5.69 Å². The minimum atomic E-state index is -3.20. The molecule has 2 rings (SSSR count). The van der Waals surface area contributed by atoms with E-state index in [1.165, 1.54) is 12.1 Å². The summed E-state index contributed by atoms with van der Waals surface area (Å²) in [7, 11) is -3.20. The second kappa shape index (κ2) is 6.17. The Bertz CT molecular complexity index is 642. The number of nitro groups is 1. The summed E-state index contributed by atoms with van der Waals surface area (Å²) in [6, 6.07) is 4.30. The Kier molecular flexibility index (Phi) is 4.70. The van der Waals surface area contributed by atoms with Crippen molar-refractivity contribution in [2.75, 3.05) is 24.2 Å². The molecular weight excluding hydrogens is 318 g/mol. The summed E-state index contributed by atoms with van der Waals surface area (Å²) in [5.41, 5.74) is 0.692. The van der Waals surface area contributed by atoms with E-state index in [2.05, 4.69) is 4.72 Å². The highest BCUT2D eigenvalue weighted by atomic mass is 35.5. The molecule has 1 aromatic rings. The highest BCUT2D eigenvalue weighted by Crippen LogP contribution is 2.31. The molecule has 1 fully saturated rings. The lowest BCUT2D eigenvalue weighted by Crippen LogP contribution is -2.44. The maximum absolute atomic E-state index is 11.2. The van der Waals surface area contributed by atoms with Crippen LogP contribution < -0.4 is 9.62 Å². The third kappa shape index (κ3) is 4.29. The van der Waals surface area contributed by atoms with E-state index >= 15 is 0 Å². The van der Waals surface area contributed by atoms with Gasteiger partial charge in [-0.25, -0.2) is 13.1 Å². The second-order valence-electron chi connectivity index (χ2n) is 5.04. The molecule has 1 aromatic carbocycles. The fraction of sp³-hybridized carbons (Fsp3) is 0.500. The third-order valence-corrected chi connectivity index (χ3v) is 4.42. The number of anilines is 1. The van der Waals surface area contributed by atoms with Crippen molar-refractivity contribution in [1.82, 2.24) is 4.72 Å². The van der Waals surface area contributed by atoms with Crippen LogP contribution in [0, 0.1) is 10.1 Å². The summed E-state index contributed by atoms with van der Waals surface area (Å²) in [6.45, 7) is 1.29. The van der Waals surface area contributed by atoms with Crippen molar-refractivity contribution in [3.8, 4) is 0 Å². The van der Waals surface area contributed by atoms with Crippen LogP contribution in [0.1, 0.15) is 12.8 Å². The molecule has 0 atom stereocenters. The molecule has 0 unspecified atom stereocenters. The first-order valence-corrected chi connectivity index (χ1v) is 8.69. The molecule has 0 bridgehead atoms. The minimum absolute atomic E-state index is 0.0441. The zero-order chi connectivity index (χ0) is 15.6. The topological polar surface area (TPSA) is 92.6 Å². The maximum Gasteiger partial charge on any atom is 0.271 e. The molecule has 0 radical (unpaired) electrons. The number of benzene rings is 1. The number of hydrogen-bond donors (Lipinski definition) is 1. The molecule has 1 heterocycles. The highest BCUT2D eigenvalue weighted by molar-refractivity contribution is 7.88. The van der Waals surface area contributed by atoms with Crippen LogP contribution in [-0.2, 0) is 10.0 Å². The van der Waals surface area contributed by atoms with Gasteiger partial charge in [-0.3, -0.25) is 10.1 Å². The van der Waals surface area contributed by atoms with E-state index in [9.17, 15) is 18.5 Å². The number of non-ortho nitro benzene ring substituents is 1. The number of nitrogens with zero attached hydrogens (tertiary/aromatic N) is 2. The van der Waals surface area contributed by atoms with Crippen LogP contribution in [0.2, 0.25) is 5.02 Å². The molecule has 0 aromatic heterocycles. The molecule has 116 valence electrons. The minimum Gasteiger partial charge on any atom is -0.370 e. The van der Waals surface area contributed by atoms with Gasteiger partial charge >= 0.3 is 0 Å². The monoisotopic (exact) mass is 333 g/mol. The van der Waals surface area contributed by atoms with Gasteiger partial charge in [-0.2, -0.15) is 0 Å². The summed E-state index contributed by atoms with van der Waals surface area (Å²) < 4.78 is 25.0. The van der Waals surface area contributed by atoms with Crippen molar-refractivity contribution < 1.29 is 13.3 Å². The Morgan fingerprint density at radius 1 is 1.38 bits per heavy atom. The predicted molar refractivity (Wildman–Crippen MR) is 81.3 cm³/mol. The van der Waals surface area contributed by atoms with Gasteiger partial charge in [-0.15, -0.1) is 0 Å². The smallest absolute Gasteiger partial charge is 0.271 e. The summed E-state index contributed by atoms with van der Waals surface area (Å²) in [6.07, 6.45) is 2.48. The lowest BCUT2D eigenvalue weighted by Gasteiger charge is -2.34. The Balaban J connectivity index is 2.04. The first kappa shape index (κ1) is 16.0. The van der Waals surface area contributed by atoms with Crippen molar-refractivity contribution in [2.45, 2.75) is 18.9 Å². The van der Waals surface area contributed by atoms with Gasteiger partial charge in [0.15, 0.2) is 0 Å². The van der Waals surface area contributed by atoms with Gasteiger partial charge < -0.3 is 4.90 Å². The molecular formula is C12H16ClN3O4S. The van der Waals surface area contributed by atoms with E-state index in [1.807, 2.05) is 4.90 Å². The molecule has 1 N–H and O–H groups in total. The van der Waals surface area contributed by atoms with Crippen LogP contribution in [0.15, 0.2) is 18.2 Å². The lowest BCUT2D eigenvalue weighted by atomic mass is 10.1. The molecule has 1 aliphatic heterocycles. The Labute approximate surface area is 128 Å². The zero-order valence-electron chi connectivity index (χ0n) is 11.5. The summed E-state index contributed by atoms with van der Waals surface area (Å²) in [5.74, 6) is 0. The number of rotatable bonds is 4. The standard InChI is InChI=1S/C12H16ClN3O4S/c1-21(19,20)14-9-4-6-15(7-5-9)12-3-2-10(16(17)18)8-11(12)13/h2-3,8-9,14H,4-7H2,1H3. The lowest BCUT2D eigenvalue weighted by molar-refractivity contribution is -0.384. The molecule has 0 spiro atoms. The average Bonchev–Trinajstić information content (AvgIpc) is 2.38. The number of hydrogen-bond acceptors (Lipinski definition) is 5. The number of nitrogens with one attached hydrogen (secondary N) is 1. The quantitative estimate of drug-likeness (QED) is 0.669. The number of piperidine rings is 1. The van der Waals surface area contributed by atoms with Crippen molar-refractivity contribution in [3.63, 3.8) is 0 Å². The fourth-order valence-electron chi connectivity index (χ4n) is 2.41. The van der Waals surface area contributed by atoms with Gasteiger partial charge in [0.2, 0.25) is 10.0 Å². The molecule has 0 saturated carbocycles. The van der Waals surface area contributed by atoms with Crippen LogP contribution >= 0.6 is 11.6 Å². The first-order chi connectivity index (χ1) is 9.76. The van der Waals surface area contributed by atoms with Gasteiger partial charge in [-0.1, -0.05) is 11.6 Å². The molecule has 1 saturated heterocycles. The molecule has 7 nitrogen and oxygen atoms in total. The number of halogens is 1. The molecule has 21 heavy (non-hydrogen) atoms. The van der Waals surface area contributed by atoms with Gasteiger partial charge in [-0.05, 0) is 18.9 Å². The highest BCUT2D eigenvalue weighted by Gasteiger charge is 2.23. The fourth-order valence-corrected chi connectivity index (χ4v) is 3.54. The normalized spacial score (nSPS) is 17.0. The van der Waals surface area contributed by atoms with E-state index in [-0.39, 0.29) is 11.7 Å². The summed E-state index contributed by atoms with van der Waals surface area (Å²) in [5, 5.41) is 11.0. The Morgan fingerprint density at radius 3 is 2.48 bits per heavy atom. The van der Waals surface area contributed by atoms with Gasteiger partial charge in [0.05, 0.1) is 21.9 Å². The SMILES string of the molecule is CS(=O)(=O)NC1CCN(c2ccc([N+](=O)[O-])cc2Cl)CC1. The van der Waals surface area contributed by atoms with Gasteiger partial charge in [0, 0.05) is 31.3 Å². The Morgan fingerprint density at radius 2 is 2.00 bits per heavy atom. The van der Waals surface area contributed by atoms with E-state index in [0.29, 0.717) is 31.0 Å². The average molecular weight is 334 g/mol. The van der Waals surface area contributed by atoms with Crippen molar-refractivity contribution in [2.24, 2.45) is 0 Å². The van der Waals surface area contributed by atoms with E-state index in [1.54, 1.807) is 6.07 Å². The summed E-state index contributed by atoms with van der Waals surface area (Å²) in [4.78, 5) is 12.2. The third-order valence-electron chi connectivity index (χ3n) is 3.36. The maximum atomic E-state index is 11.2. The Hall–Kier alpha value is -1.38. The number of sulfonamides is 1. The van der Waals surface area contributed by atoms with Crippen LogP contribution in [0.4, 0.5) is 11.4 Å². The number of nitro benzene ring substituents is 1. The predicted octanol–water partition coefficient (Wildman–Crippen LogP) is 1.77. The van der Waals surface area contributed by atoms with Gasteiger partial charge in [0.1, 0.15) is 0 Å². The first-order valence-electron chi connectivity index (χ1n) is 6.42. The van der Waals surface area contributed by atoms with E-state index < -0.39 is 14.9 Å².